The van der Waals surface area contributed by atoms with Crippen LogP contribution in [0.5, 0.6) is 0 Å². The van der Waals surface area contributed by atoms with E-state index in [2.05, 4.69) is 23.7 Å². The molecule has 0 saturated carbocycles. The van der Waals surface area contributed by atoms with E-state index in [1.807, 2.05) is 6.08 Å². The predicted molar refractivity (Wildman–Crippen MR) is 50.1 cm³/mol. The van der Waals surface area contributed by atoms with Gasteiger partial charge in [0.1, 0.15) is 0 Å². The van der Waals surface area contributed by atoms with Crippen molar-refractivity contribution in [3.05, 3.63) is 12.7 Å². The van der Waals surface area contributed by atoms with Crippen molar-refractivity contribution in [2.45, 2.75) is 19.0 Å². The summed E-state index contributed by atoms with van der Waals surface area (Å²) in [6.45, 7) is 8.92. The molecule has 70 valence electrons. The largest absolute Gasteiger partial charge is 0.395 e. The molecule has 0 aromatic heterocycles. The first kappa shape index (κ1) is 9.71. The quantitative estimate of drug-likeness (QED) is 0.577. The van der Waals surface area contributed by atoms with Gasteiger partial charge in [-0.05, 0) is 6.92 Å². The summed E-state index contributed by atoms with van der Waals surface area (Å²) in [4.78, 5) is 2.32. The molecule has 12 heavy (non-hydrogen) atoms. The number of hydrogen-bond donors (Lipinski definition) is 2. The van der Waals surface area contributed by atoms with Gasteiger partial charge in [-0.2, -0.15) is 0 Å². The van der Waals surface area contributed by atoms with Crippen LogP contribution in [0.2, 0.25) is 0 Å². The first-order valence-corrected chi connectivity index (χ1v) is 4.47. The Hall–Kier alpha value is -0.380. The van der Waals surface area contributed by atoms with Gasteiger partial charge in [0.2, 0.25) is 0 Å². The van der Waals surface area contributed by atoms with Crippen LogP contribution in [0.4, 0.5) is 0 Å². The van der Waals surface area contributed by atoms with Crippen molar-refractivity contribution < 1.29 is 5.11 Å². The lowest BCUT2D eigenvalue weighted by molar-refractivity contribution is 0.120. The van der Waals surface area contributed by atoms with Gasteiger partial charge in [0.25, 0.3) is 0 Å². The summed E-state index contributed by atoms with van der Waals surface area (Å²) in [5.41, 5.74) is 0. The monoisotopic (exact) mass is 170 g/mol. The van der Waals surface area contributed by atoms with Crippen LogP contribution >= 0.6 is 0 Å². The summed E-state index contributed by atoms with van der Waals surface area (Å²) in [5.74, 6) is 0. The molecular formula is C9H18N2O. The fourth-order valence-corrected chi connectivity index (χ4v) is 1.54. The molecule has 1 rings (SSSR count). The molecule has 2 N–H and O–H groups in total. The van der Waals surface area contributed by atoms with Crippen LogP contribution < -0.4 is 5.32 Å². The van der Waals surface area contributed by atoms with Gasteiger partial charge in [-0.3, -0.25) is 4.90 Å². The molecule has 2 unspecified atom stereocenters. The number of nitrogens with one attached hydrogen (secondary N) is 1. The molecule has 1 heterocycles. The highest BCUT2D eigenvalue weighted by Gasteiger charge is 2.22. The molecule has 0 bridgehead atoms. The average Bonchev–Trinajstić information content (AvgIpc) is 2.09. The molecule has 3 heteroatoms. The van der Waals surface area contributed by atoms with E-state index < -0.39 is 0 Å². The van der Waals surface area contributed by atoms with Crippen molar-refractivity contribution in [3.63, 3.8) is 0 Å². The van der Waals surface area contributed by atoms with E-state index in [1.54, 1.807) is 0 Å². The fourth-order valence-electron chi connectivity index (χ4n) is 1.54. The van der Waals surface area contributed by atoms with E-state index in [0.29, 0.717) is 6.04 Å². The number of hydrogen-bond acceptors (Lipinski definition) is 3. The molecular weight excluding hydrogens is 152 g/mol. The maximum absolute atomic E-state index is 8.95. The van der Waals surface area contributed by atoms with Crippen LogP contribution in [-0.4, -0.2) is 48.3 Å². The van der Waals surface area contributed by atoms with E-state index in [4.69, 9.17) is 5.11 Å². The van der Waals surface area contributed by atoms with Crippen molar-refractivity contribution in [1.29, 1.82) is 0 Å². The Morgan fingerprint density at radius 3 is 3.08 bits per heavy atom. The van der Waals surface area contributed by atoms with Crippen LogP contribution in [0.1, 0.15) is 6.92 Å². The molecule has 0 amide bonds. The van der Waals surface area contributed by atoms with E-state index in [9.17, 15) is 0 Å². The minimum absolute atomic E-state index is 0.223. The minimum Gasteiger partial charge on any atom is -0.395 e. The van der Waals surface area contributed by atoms with Crippen molar-refractivity contribution >= 4 is 0 Å². The lowest BCUT2D eigenvalue weighted by Gasteiger charge is -2.37. The highest BCUT2D eigenvalue weighted by molar-refractivity contribution is 4.86. The standard InChI is InChI=1S/C9H18N2O/c1-3-4-11-6-9(7-12)10-5-8(11)2/h3,8-10,12H,1,4-7H2,2H3. The molecule has 2 atom stereocenters. The Morgan fingerprint density at radius 2 is 2.50 bits per heavy atom. The van der Waals surface area contributed by atoms with Gasteiger partial charge in [-0.1, -0.05) is 6.08 Å². The van der Waals surface area contributed by atoms with Gasteiger partial charge in [-0.25, -0.2) is 0 Å². The minimum atomic E-state index is 0.223. The lowest BCUT2D eigenvalue weighted by atomic mass is 10.1. The van der Waals surface area contributed by atoms with Crippen LogP contribution in [-0.2, 0) is 0 Å². The molecule has 1 saturated heterocycles. The summed E-state index contributed by atoms with van der Waals surface area (Å²) in [6, 6.07) is 0.784. The van der Waals surface area contributed by atoms with Crippen molar-refractivity contribution in [2.24, 2.45) is 0 Å². The average molecular weight is 170 g/mol. The van der Waals surface area contributed by atoms with Crippen molar-refractivity contribution in [3.8, 4) is 0 Å². The van der Waals surface area contributed by atoms with Gasteiger partial charge in [0.15, 0.2) is 0 Å². The molecule has 1 fully saturated rings. The summed E-state index contributed by atoms with van der Waals surface area (Å²) in [5, 5.41) is 12.2. The molecule has 0 aromatic carbocycles. The van der Waals surface area contributed by atoms with Crippen LogP contribution in [0.25, 0.3) is 0 Å². The molecule has 1 aliphatic heterocycles. The number of aliphatic hydroxyl groups is 1. The molecule has 0 radical (unpaired) electrons. The van der Waals surface area contributed by atoms with Gasteiger partial charge in [0.05, 0.1) is 6.61 Å². The summed E-state index contributed by atoms with van der Waals surface area (Å²) >= 11 is 0. The zero-order valence-electron chi connectivity index (χ0n) is 7.66. The number of rotatable bonds is 3. The van der Waals surface area contributed by atoms with Gasteiger partial charge >= 0.3 is 0 Å². The Labute approximate surface area is 74.1 Å². The Balaban J connectivity index is 2.41. The third-order valence-electron chi connectivity index (χ3n) is 2.36. The van der Waals surface area contributed by atoms with Gasteiger partial charge in [-0.15, -0.1) is 6.58 Å². The third-order valence-corrected chi connectivity index (χ3v) is 2.36. The van der Waals surface area contributed by atoms with Crippen molar-refractivity contribution in [2.75, 3.05) is 26.2 Å². The Morgan fingerprint density at radius 1 is 1.75 bits per heavy atom. The Bertz CT molecular complexity index is 149. The van der Waals surface area contributed by atoms with E-state index in [1.165, 1.54) is 0 Å². The zero-order valence-corrected chi connectivity index (χ0v) is 7.66. The SMILES string of the molecule is C=CCN1CC(CO)NCC1C. The van der Waals surface area contributed by atoms with Crippen LogP contribution in [0.15, 0.2) is 12.7 Å². The summed E-state index contributed by atoms with van der Waals surface area (Å²) < 4.78 is 0. The number of nitrogens with zero attached hydrogens (tertiary/aromatic N) is 1. The molecule has 0 aliphatic carbocycles. The first-order chi connectivity index (χ1) is 5.77. The van der Waals surface area contributed by atoms with Crippen LogP contribution in [0.3, 0.4) is 0 Å². The van der Waals surface area contributed by atoms with E-state index in [-0.39, 0.29) is 12.6 Å². The highest BCUT2D eigenvalue weighted by Crippen LogP contribution is 2.05. The van der Waals surface area contributed by atoms with E-state index in [0.717, 1.165) is 19.6 Å². The molecule has 0 aromatic rings. The normalized spacial score (nSPS) is 31.8. The second kappa shape index (κ2) is 4.60. The van der Waals surface area contributed by atoms with Gasteiger partial charge in [0, 0.05) is 31.7 Å². The maximum Gasteiger partial charge on any atom is 0.0597 e. The molecule has 3 nitrogen and oxygen atoms in total. The summed E-state index contributed by atoms with van der Waals surface area (Å²) in [6.07, 6.45) is 1.91. The van der Waals surface area contributed by atoms with Gasteiger partial charge < -0.3 is 10.4 Å². The lowest BCUT2D eigenvalue weighted by Crippen LogP contribution is -2.56. The number of piperazine rings is 1. The third kappa shape index (κ3) is 2.30. The van der Waals surface area contributed by atoms with Crippen molar-refractivity contribution in [1.82, 2.24) is 10.2 Å². The predicted octanol–water partition coefficient (Wildman–Crippen LogP) is -0.173. The Kier molecular flexibility index (Phi) is 3.72. The van der Waals surface area contributed by atoms with Crippen LogP contribution in [0, 0.1) is 0 Å². The highest BCUT2D eigenvalue weighted by atomic mass is 16.3. The topological polar surface area (TPSA) is 35.5 Å². The second-order valence-corrected chi connectivity index (χ2v) is 3.38. The second-order valence-electron chi connectivity index (χ2n) is 3.38. The zero-order chi connectivity index (χ0) is 8.97. The fraction of sp³-hybridized carbons (Fsp3) is 0.778. The smallest absolute Gasteiger partial charge is 0.0597 e. The molecule has 0 spiro atoms. The van der Waals surface area contributed by atoms with E-state index >= 15 is 0 Å². The first-order valence-electron chi connectivity index (χ1n) is 4.47. The number of aliphatic hydroxyl groups excluding tert-OH is 1. The summed E-state index contributed by atoms with van der Waals surface area (Å²) in [7, 11) is 0. The maximum atomic E-state index is 8.95. The molecule has 1 aliphatic rings.